The second kappa shape index (κ2) is 10.5. The van der Waals surface area contributed by atoms with Crippen molar-refractivity contribution in [1.82, 2.24) is 4.90 Å². The van der Waals surface area contributed by atoms with Crippen molar-refractivity contribution in [2.24, 2.45) is 10.7 Å². The largest absolute Gasteiger partial charge is 0.383 e. The van der Waals surface area contributed by atoms with Gasteiger partial charge in [0, 0.05) is 24.8 Å². The van der Waals surface area contributed by atoms with Crippen LogP contribution in [0.25, 0.3) is 0 Å². The predicted molar refractivity (Wildman–Crippen MR) is 126 cm³/mol. The average Bonchev–Trinajstić information content (AvgIpc) is 3.31. The molecule has 2 aliphatic rings. The van der Waals surface area contributed by atoms with Gasteiger partial charge in [-0.3, -0.25) is 0 Å². The monoisotopic (exact) mass is 440 g/mol. The molecule has 154 valence electrons. The summed E-state index contributed by atoms with van der Waals surface area (Å²) in [6.45, 7) is 3.58. The molecule has 0 saturated carbocycles. The number of hydrogen-bond acceptors (Lipinski definition) is 4. The molecule has 1 aromatic heterocycles. The number of rotatable bonds is 5. The van der Waals surface area contributed by atoms with Crippen molar-refractivity contribution in [3.63, 3.8) is 0 Å². The third kappa shape index (κ3) is 5.20. The van der Waals surface area contributed by atoms with E-state index in [0.29, 0.717) is 5.84 Å². The molecule has 28 heavy (non-hydrogen) atoms. The summed E-state index contributed by atoms with van der Waals surface area (Å²) < 4.78 is 0. The molecule has 4 rings (SSSR count). The van der Waals surface area contributed by atoms with Crippen molar-refractivity contribution in [3.8, 4) is 0 Å². The molecule has 1 aromatic carbocycles. The van der Waals surface area contributed by atoms with Crippen LogP contribution in [-0.4, -0.2) is 43.5 Å². The van der Waals surface area contributed by atoms with E-state index in [1.807, 2.05) is 17.5 Å². The molecule has 3 heterocycles. The fourth-order valence-corrected chi connectivity index (χ4v) is 4.86. The van der Waals surface area contributed by atoms with E-state index in [2.05, 4.69) is 40.0 Å². The Labute approximate surface area is 184 Å². The van der Waals surface area contributed by atoms with Crippen LogP contribution in [0.4, 0.5) is 11.4 Å². The smallest absolute Gasteiger partial charge is 0.141 e. The van der Waals surface area contributed by atoms with Crippen LogP contribution >= 0.6 is 36.2 Å². The van der Waals surface area contributed by atoms with Crippen LogP contribution in [0.3, 0.4) is 0 Å². The first-order valence-electron chi connectivity index (χ1n) is 9.67. The molecule has 2 N–H and O–H groups in total. The number of nitrogens with zero attached hydrogens (tertiary/aromatic N) is 3. The van der Waals surface area contributed by atoms with Gasteiger partial charge < -0.3 is 15.5 Å². The van der Waals surface area contributed by atoms with E-state index in [1.165, 1.54) is 50.0 Å². The number of anilines is 1. The van der Waals surface area contributed by atoms with Gasteiger partial charge in [-0.05, 0) is 80.9 Å². The Hall–Kier alpha value is -1.27. The summed E-state index contributed by atoms with van der Waals surface area (Å²) in [5.41, 5.74) is 9.92. The number of nitrogens with two attached hydrogens (primary N) is 1. The zero-order valence-corrected chi connectivity index (χ0v) is 18.8. The van der Waals surface area contributed by atoms with Crippen molar-refractivity contribution in [2.75, 3.05) is 31.6 Å². The van der Waals surface area contributed by atoms with Crippen LogP contribution in [0, 0.1) is 0 Å². The quantitative estimate of drug-likeness (QED) is 0.532. The number of aliphatic imine (C=N–C) groups is 1. The molecule has 2 aromatic rings. The molecule has 2 aliphatic heterocycles. The molecular weight excluding hydrogens is 411 g/mol. The van der Waals surface area contributed by atoms with Crippen molar-refractivity contribution in [2.45, 2.75) is 38.1 Å². The Morgan fingerprint density at radius 1 is 1.21 bits per heavy atom. The summed E-state index contributed by atoms with van der Waals surface area (Å²) in [4.78, 5) is 10.8. The highest BCUT2D eigenvalue weighted by atomic mass is 35.5. The van der Waals surface area contributed by atoms with Gasteiger partial charge in [0.25, 0.3) is 0 Å². The molecule has 0 amide bonds. The van der Waals surface area contributed by atoms with Crippen LogP contribution in [-0.2, 0) is 6.42 Å². The minimum Gasteiger partial charge on any atom is -0.383 e. The lowest BCUT2D eigenvalue weighted by Crippen LogP contribution is -2.34. The van der Waals surface area contributed by atoms with E-state index in [9.17, 15) is 0 Å². The van der Waals surface area contributed by atoms with Gasteiger partial charge in [-0.1, -0.05) is 6.07 Å². The first-order valence-corrected chi connectivity index (χ1v) is 10.5. The van der Waals surface area contributed by atoms with Gasteiger partial charge in [0.15, 0.2) is 0 Å². The normalized spacial score (nSPS) is 19.7. The minimum absolute atomic E-state index is 0. The number of thiophene rings is 1. The summed E-state index contributed by atoms with van der Waals surface area (Å²) in [5.74, 6) is 0.608. The standard InChI is InChI=1S/C21H28N4S.2ClH/c1-24-11-3-6-18(24)10-13-25-12-2-5-16-15-17(8-9-19(16)25)23-21(22)20-7-4-14-26-20;;/h4,7-9,14-15,18H,2-3,5-6,10-13H2,1H3,(H2,22,23);2*1H/t18-;;/m0../s1. The molecule has 0 bridgehead atoms. The van der Waals surface area contributed by atoms with Crippen LogP contribution in [0.2, 0.25) is 0 Å². The highest BCUT2D eigenvalue weighted by Gasteiger charge is 2.23. The summed E-state index contributed by atoms with van der Waals surface area (Å²) in [7, 11) is 2.27. The van der Waals surface area contributed by atoms with Crippen molar-refractivity contribution in [1.29, 1.82) is 0 Å². The number of likely N-dealkylation sites (tertiary alicyclic amines) is 1. The van der Waals surface area contributed by atoms with Crippen molar-refractivity contribution in [3.05, 3.63) is 46.2 Å². The zero-order valence-electron chi connectivity index (χ0n) is 16.3. The second-order valence-electron chi connectivity index (χ2n) is 7.44. The van der Waals surface area contributed by atoms with Crippen LogP contribution in [0.15, 0.2) is 40.7 Å². The van der Waals surface area contributed by atoms with E-state index in [-0.39, 0.29) is 24.8 Å². The molecule has 1 atom stereocenters. The lowest BCUT2D eigenvalue weighted by molar-refractivity contribution is 0.297. The van der Waals surface area contributed by atoms with Crippen molar-refractivity contribution < 1.29 is 0 Å². The third-order valence-corrected chi connectivity index (χ3v) is 6.60. The molecule has 0 aliphatic carbocycles. The lowest BCUT2D eigenvalue weighted by Gasteiger charge is -2.33. The number of benzene rings is 1. The van der Waals surface area contributed by atoms with Gasteiger partial charge in [-0.15, -0.1) is 36.2 Å². The number of hydrogen-bond donors (Lipinski definition) is 1. The summed E-state index contributed by atoms with van der Waals surface area (Å²) >= 11 is 1.63. The summed E-state index contributed by atoms with van der Waals surface area (Å²) in [6.07, 6.45) is 6.33. The molecule has 4 nitrogen and oxygen atoms in total. The van der Waals surface area contributed by atoms with Gasteiger partial charge >= 0.3 is 0 Å². The number of fused-ring (bicyclic) bond motifs is 1. The van der Waals surface area contributed by atoms with Gasteiger partial charge in [0.1, 0.15) is 5.84 Å². The lowest BCUT2D eigenvalue weighted by atomic mass is 10.00. The molecule has 0 spiro atoms. The van der Waals surface area contributed by atoms with Crippen LogP contribution < -0.4 is 10.6 Å². The van der Waals surface area contributed by atoms with Gasteiger partial charge in [0.05, 0.1) is 10.6 Å². The summed E-state index contributed by atoms with van der Waals surface area (Å²) in [6, 6.07) is 11.4. The topological polar surface area (TPSA) is 44.9 Å². The Morgan fingerprint density at radius 3 is 2.79 bits per heavy atom. The fraction of sp³-hybridized carbons (Fsp3) is 0.476. The Kier molecular flexibility index (Phi) is 8.62. The molecule has 1 fully saturated rings. The van der Waals surface area contributed by atoms with E-state index in [0.717, 1.165) is 29.6 Å². The number of halogens is 2. The average molecular weight is 441 g/mol. The third-order valence-electron chi connectivity index (χ3n) is 5.70. The van der Waals surface area contributed by atoms with E-state index in [1.54, 1.807) is 11.3 Å². The molecule has 7 heteroatoms. The molecule has 0 unspecified atom stereocenters. The van der Waals surface area contributed by atoms with E-state index in [4.69, 9.17) is 5.73 Å². The Morgan fingerprint density at radius 2 is 2.07 bits per heavy atom. The predicted octanol–water partition coefficient (Wildman–Crippen LogP) is 4.87. The van der Waals surface area contributed by atoms with Gasteiger partial charge in [0.2, 0.25) is 0 Å². The van der Waals surface area contributed by atoms with Crippen LogP contribution in [0.5, 0.6) is 0 Å². The molecular formula is C21H30Cl2N4S. The SMILES string of the molecule is CN1CCC[C@H]1CCN1CCCc2cc(N=C(N)c3cccs3)ccc21.Cl.Cl. The highest BCUT2D eigenvalue weighted by molar-refractivity contribution is 7.12. The summed E-state index contributed by atoms with van der Waals surface area (Å²) in [5, 5.41) is 2.03. The molecule has 1 saturated heterocycles. The number of aryl methyl sites for hydroxylation is 1. The maximum Gasteiger partial charge on any atom is 0.141 e. The maximum absolute atomic E-state index is 6.15. The number of amidine groups is 1. The zero-order chi connectivity index (χ0) is 17.9. The van der Waals surface area contributed by atoms with Gasteiger partial charge in [-0.2, -0.15) is 0 Å². The van der Waals surface area contributed by atoms with E-state index < -0.39 is 0 Å². The Bertz CT molecular complexity index is 779. The Balaban J connectivity index is 0.00000140. The first-order chi connectivity index (χ1) is 12.7. The van der Waals surface area contributed by atoms with Gasteiger partial charge in [-0.25, -0.2) is 4.99 Å². The first kappa shape index (κ1) is 23.0. The minimum atomic E-state index is 0. The maximum atomic E-state index is 6.15. The van der Waals surface area contributed by atoms with E-state index >= 15 is 0 Å². The van der Waals surface area contributed by atoms with Crippen LogP contribution in [0.1, 0.15) is 36.1 Å². The second-order valence-corrected chi connectivity index (χ2v) is 8.39. The molecule has 0 radical (unpaired) electrons. The van der Waals surface area contributed by atoms with Crippen molar-refractivity contribution >= 4 is 53.4 Å². The fourth-order valence-electron chi connectivity index (χ4n) is 4.23. The highest BCUT2D eigenvalue weighted by Crippen LogP contribution is 2.31.